The molecule has 0 heterocycles. The van der Waals surface area contributed by atoms with Crippen molar-refractivity contribution in [2.75, 3.05) is 0 Å². The van der Waals surface area contributed by atoms with Crippen LogP contribution in [0.1, 0.15) is 25.8 Å². The third kappa shape index (κ3) is 5.38. The molecular weight excluding hydrogens is 347 g/mol. The van der Waals surface area contributed by atoms with E-state index in [1.54, 1.807) is 12.2 Å². The Morgan fingerprint density at radius 3 is 2.07 bits per heavy atom. The smallest absolute Gasteiger partial charge is 0.336 e. The van der Waals surface area contributed by atoms with Gasteiger partial charge in [-0.15, -0.1) is 0 Å². The van der Waals surface area contributed by atoms with E-state index in [4.69, 9.17) is 9.47 Å². The Labute approximate surface area is 158 Å². The summed E-state index contributed by atoms with van der Waals surface area (Å²) in [6, 6.07) is 9.41. The van der Waals surface area contributed by atoms with Crippen LogP contribution in [-0.4, -0.2) is 17.7 Å². The summed E-state index contributed by atoms with van der Waals surface area (Å²) in [5, 5.41) is 0. The van der Waals surface area contributed by atoms with Gasteiger partial charge in [-0.05, 0) is 25.5 Å². The van der Waals surface area contributed by atoms with Crippen LogP contribution in [0, 0.1) is 0 Å². The number of hydrogen-bond donors (Lipinski definition) is 0. The summed E-state index contributed by atoms with van der Waals surface area (Å²) < 4.78 is 25.2. The molecular formula is C22H21FO4. The third-order valence-electron chi connectivity index (χ3n) is 3.71. The Morgan fingerprint density at radius 2 is 1.59 bits per heavy atom. The predicted octanol–water partition coefficient (Wildman–Crippen LogP) is 4.82. The highest BCUT2D eigenvalue weighted by atomic mass is 19.1. The number of esters is 2. The summed E-state index contributed by atoms with van der Waals surface area (Å²) in [7, 11) is 0. The summed E-state index contributed by atoms with van der Waals surface area (Å²) in [6.45, 7) is 9.87. The number of rotatable bonds is 6. The number of hydrogen-bond acceptors (Lipinski definition) is 4. The Morgan fingerprint density at radius 1 is 1.04 bits per heavy atom. The lowest BCUT2D eigenvalue weighted by atomic mass is 9.99. The van der Waals surface area contributed by atoms with Gasteiger partial charge in [-0.2, -0.15) is 0 Å². The highest BCUT2D eigenvalue weighted by Crippen LogP contribution is 2.34. The lowest BCUT2D eigenvalue weighted by Gasteiger charge is -2.32. The molecule has 1 aromatic rings. The van der Waals surface area contributed by atoms with Crippen molar-refractivity contribution < 1.29 is 23.5 Å². The number of ether oxygens (including phenoxy) is 2. The summed E-state index contributed by atoms with van der Waals surface area (Å²) in [6.07, 6.45) is 5.69. The van der Waals surface area contributed by atoms with Crippen LogP contribution in [0.3, 0.4) is 0 Å². The second-order valence-electron chi connectivity index (χ2n) is 6.27. The van der Waals surface area contributed by atoms with Crippen molar-refractivity contribution in [1.82, 2.24) is 0 Å². The van der Waals surface area contributed by atoms with E-state index >= 15 is 0 Å². The van der Waals surface area contributed by atoms with Crippen LogP contribution in [0.15, 0.2) is 84.3 Å². The van der Waals surface area contributed by atoms with Crippen LogP contribution in [0.25, 0.3) is 6.08 Å². The zero-order valence-electron chi connectivity index (χ0n) is 15.3. The third-order valence-corrected chi connectivity index (χ3v) is 3.71. The largest absolute Gasteiger partial charge is 0.415 e. The fourth-order valence-corrected chi connectivity index (χ4v) is 2.23. The van der Waals surface area contributed by atoms with Gasteiger partial charge in [-0.25, -0.2) is 14.0 Å². The lowest BCUT2D eigenvalue weighted by molar-refractivity contribution is -0.207. The van der Waals surface area contributed by atoms with Crippen molar-refractivity contribution in [3.63, 3.8) is 0 Å². The van der Waals surface area contributed by atoms with Gasteiger partial charge in [0.05, 0.1) is 6.42 Å². The summed E-state index contributed by atoms with van der Waals surface area (Å²) in [4.78, 5) is 23.9. The SMILES string of the molecule is C=C(C)C(=O)OC1(OC(=O)C(=C)C)C=CC(C=Cc2ccccc2)=C(F)C1. The topological polar surface area (TPSA) is 52.6 Å². The van der Waals surface area contributed by atoms with Crippen LogP contribution >= 0.6 is 0 Å². The molecule has 0 unspecified atom stereocenters. The van der Waals surface area contributed by atoms with Gasteiger partial charge in [0.25, 0.3) is 5.79 Å². The maximum absolute atomic E-state index is 14.7. The van der Waals surface area contributed by atoms with E-state index in [9.17, 15) is 14.0 Å². The second kappa shape index (κ2) is 8.45. The molecule has 2 rings (SSSR count). The first-order valence-corrected chi connectivity index (χ1v) is 8.31. The van der Waals surface area contributed by atoms with Gasteiger partial charge in [0.2, 0.25) is 0 Å². The summed E-state index contributed by atoms with van der Waals surface area (Å²) in [5.74, 6) is -4.02. The molecule has 0 fully saturated rings. The van der Waals surface area contributed by atoms with Gasteiger partial charge in [0.1, 0.15) is 5.83 Å². The van der Waals surface area contributed by atoms with Crippen LogP contribution in [0.2, 0.25) is 0 Å². The minimum atomic E-state index is -1.87. The predicted molar refractivity (Wildman–Crippen MR) is 102 cm³/mol. The monoisotopic (exact) mass is 368 g/mol. The van der Waals surface area contributed by atoms with Crippen molar-refractivity contribution in [3.8, 4) is 0 Å². The van der Waals surface area contributed by atoms with E-state index in [2.05, 4.69) is 13.2 Å². The van der Waals surface area contributed by atoms with Crippen molar-refractivity contribution in [2.45, 2.75) is 26.1 Å². The van der Waals surface area contributed by atoms with Gasteiger partial charge in [-0.3, -0.25) is 0 Å². The number of allylic oxidation sites excluding steroid dienone is 3. The molecule has 27 heavy (non-hydrogen) atoms. The van der Waals surface area contributed by atoms with Crippen molar-refractivity contribution in [3.05, 3.63) is 89.8 Å². The number of carbonyl (C=O) groups excluding carboxylic acids is 2. The van der Waals surface area contributed by atoms with Crippen LogP contribution in [0.5, 0.6) is 0 Å². The zero-order chi connectivity index (χ0) is 20.0. The highest BCUT2D eigenvalue weighted by molar-refractivity contribution is 5.89. The molecule has 5 heteroatoms. The van der Waals surface area contributed by atoms with Crippen molar-refractivity contribution in [1.29, 1.82) is 0 Å². The Balaban J connectivity index is 2.27. The molecule has 0 saturated heterocycles. The van der Waals surface area contributed by atoms with Crippen LogP contribution in [-0.2, 0) is 19.1 Å². The Hall–Kier alpha value is -3.21. The molecule has 1 aliphatic rings. The number of halogens is 1. The van der Waals surface area contributed by atoms with E-state index < -0.39 is 30.0 Å². The average Bonchev–Trinajstić information content (AvgIpc) is 2.61. The fourth-order valence-electron chi connectivity index (χ4n) is 2.23. The molecule has 4 nitrogen and oxygen atoms in total. The standard InChI is InChI=1S/C22H21FO4/c1-15(2)20(24)26-22(27-21(25)16(3)4)13-12-18(19(23)14-22)11-10-17-8-6-5-7-9-17/h5-13H,1,3,14H2,2,4H3. The van der Waals surface area contributed by atoms with E-state index in [-0.39, 0.29) is 11.1 Å². The van der Waals surface area contributed by atoms with E-state index in [1.807, 2.05) is 30.3 Å². The van der Waals surface area contributed by atoms with Gasteiger partial charge < -0.3 is 9.47 Å². The first kappa shape index (κ1) is 20.1. The van der Waals surface area contributed by atoms with Gasteiger partial charge in [0.15, 0.2) is 0 Å². The first-order valence-electron chi connectivity index (χ1n) is 8.31. The molecule has 0 amide bonds. The van der Waals surface area contributed by atoms with Crippen molar-refractivity contribution >= 4 is 18.0 Å². The van der Waals surface area contributed by atoms with E-state index in [1.165, 1.54) is 26.0 Å². The molecule has 0 bridgehead atoms. The normalized spacial score (nSPS) is 15.5. The zero-order valence-corrected chi connectivity index (χ0v) is 15.3. The molecule has 0 aromatic heterocycles. The minimum absolute atomic E-state index is 0.105. The Kier molecular flexibility index (Phi) is 6.29. The van der Waals surface area contributed by atoms with Crippen LogP contribution < -0.4 is 0 Å². The maximum atomic E-state index is 14.7. The molecule has 1 aromatic carbocycles. The molecule has 0 aliphatic heterocycles. The lowest BCUT2D eigenvalue weighted by Crippen LogP contribution is -2.40. The number of benzene rings is 1. The second-order valence-corrected chi connectivity index (χ2v) is 6.27. The highest BCUT2D eigenvalue weighted by Gasteiger charge is 2.40. The quantitative estimate of drug-likeness (QED) is 0.410. The molecule has 140 valence electrons. The van der Waals surface area contributed by atoms with Crippen molar-refractivity contribution in [2.24, 2.45) is 0 Å². The molecule has 0 radical (unpaired) electrons. The van der Waals surface area contributed by atoms with Gasteiger partial charge >= 0.3 is 11.9 Å². The molecule has 0 atom stereocenters. The van der Waals surface area contributed by atoms with E-state index in [0.29, 0.717) is 5.57 Å². The van der Waals surface area contributed by atoms with Gasteiger partial charge in [-0.1, -0.05) is 55.6 Å². The first-order chi connectivity index (χ1) is 12.7. The summed E-state index contributed by atoms with van der Waals surface area (Å²) in [5.41, 5.74) is 1.42. The average molecular weight is 368 g/mol. The maximum Gasteiger partial charge on any atom is 0.336 e. The molecule has 0 spiro atoms. The molecule has 0 saturated carbocycles. The van der Waals surface area contributed by atoms with Crippen LogP contribution in [0.4, 0.5) is 4.39 Å². The molecule has 1 aliphatic carbocycles. The molecule has 0 N–H and O–H groups in total. The minimum Gasteiger partial charge on any atom is -0.415 e. The summed E-state index contributed by atoms with van der Waals surface area (Å²) >= 11 is 0. The van der Waals surface area contributed by atoms with E-state index in [0.717, 1.165) is 5.56 Å². The van der Waals surface area contributed by atoms with Gasteiger partial charge in [0, 0.05) is 22.8 Å². The Bertz CT molecular complexity index is 832. The number of carbonyl (C=O) groups is 2. The fraction of sp³-hybridized carbons (Fsp3) is 0.182.